The van der Waals surface area contributed by atoms with Gasteiger partial charge in [0.25, 0.3) is 0 Å². The maximum Gasteiger partial charge on any atom is 0.573 e. The van der Waals surface area contributed by atoms with Crippen LogP contribution >= 0.6 is 23.2 Å². The van der Waals surface area contributed by atoms with Crippen molar-refractivity contribution >= 4 is 29.0 Å². The summed E-state index contributed by atoms with van der Waals surface area (Å²) in [6.45, 7) is 2.10. The highest BCUT2D eigenvalue weighted by atomic mass is 35.5. The third-order valence-electron chi connectivity index (χ3n) is 4.41. The minimum absolute atomic E-state index is 0.00361. The van der Waals surface area contributed by atoms with Crippen LogP contribution in [-0.4, -0.2) is 12.1 Å². The van der Waals surface area contributed by atoms with E-state index in [1.165, 1.54) is 6.42 Å². The van der Waals surface area contributed by atoms with Gasteiger partial charge < -0.3 is 4.74 Å². The van der Waals surface area contributed by atoms with Gasteiger partial charge in [0.2, 0.25) is 0 Å². The first kappa shape index (κ1) is 19.4. The van der Waals surface area contributed by atoms with Gasteiger partial charge in [0.05, 0.1) is 0 Å². The molecule has 0 atom stereocenters. The first-order chi connectivity index (χ1) is 11.1. The molecule has 1 fully saturated rings. The average Bonchev–Trinajstić information content (AvgIpc) is 2.41. The standard InChI is InChI=1S/C17H19Cl2F3O2/c1-16(5-3-2-4-6-16)10-11(23)7-13-14(18)8-12(9-15(13)19)24-17(20,21)22/h8-9H,2-7,10H2,1H3. The Hall–Kier alpha value is -0.940. The molecule has 0 N–H and O–H groups in total. The zero-order valence-corrected chi connectivity index (χ0v) is 14.8. The summed E-state index contributed by atoms with van der Waals surface area (Å²) >= 11 is 12.0. The number of benzene rings is 1. The summed E-state index contributed by atoms with van der Waals surface area (Å²) in [4.78, 5) is 12.4. The van der Waals surface area contributed by atoms with E-state index in [9.17, 15) is 18.0 Å². The molecule has 1 aliphatic carbocycles. The Labute approximate surface area is 149 Å². The number of hydrogen-bond donors (Lipinski definition) is 0. The van der Waals surface area contributed by atoms with Crippen LogP contribution in [-0.2, 0) is 11.2 Å². The summed E-state index contributed by atoms with van der Waals surface area (Å²) in [6, 6.07) is 2.07. The lowest BCUT2D eigenvalue weighted by Gasteiger charge is -2.33. The summed E-state index contributed by atoms with van der Waals surface area (Å²) < 4.78 is 40.6. The Morgan fingerprint density at radius 1 is 1.17 bits per heavy atom. The largest absolute Gasteiger partial charge is 0.573 e. The molecule has 0 heterocycles. The van der Waals surface area contributed by atoms with Crippen LogP contribution in [0.1, 0.15) is 51.0 Å². The zero-order valence-electron chi connectivity index (χ0n) is 13.3. The average molecular weight is 383 g/mol. The molecule has 0 unspecified atom stereocenters. The van der Waals surface area contributed by atoms with Crippen molar-refractivity contribution in [2.24, 2.45) is 5.41 Å². The summed E-state index contributed by atoms with van der Waals surface area (Å²) in [5.41, 5.74) is 0.338. The molecule has 0 aromatic heterocycles. The first-order valence-electron chi connectivity index (χ1n) is 7.83. The van der Waals surface area contributed by atoms with Crippen molar-refractivity contribution in [1.82, 2.24) is 0 Å². The Morgan fingerprint density at radius 2 is 1.71 bits per heavy atom. The molecule has 0 spiro atoms. The molecule has 0 saturated heterocycles. The van der Waals surface area contributed by atoms with Crippen LogP contribution in [0.15, 0.2) is 12.1 Å². The summed E-state index contributed by atoms with van der Waals surface area (Å²) in [5.74, 6) is -0.499. The van der Waals surface area contributed by atoms with Gasteiger partial charge in [0.1, 0.15) is 11.5 Å². The topological polar surface area (TPSA) is 26.3 Å². The lowest BCUT2D eigenvalue weighted by Crippen LogP contribution is -2.24. The molecule has 2 rings (SSSR count). The third kappa shape index (κ3) is 5.55. The van der Waals surface area contributed by atoms with Gasteiger partial charge in [-0.3, -0.25) is 4.79 Å². The van der Waals surface area contributed by atoms with Gasteiger partial charge in [0, 0.05) is 22.9 Å². The van der Waals surface area contributed by atoms with Crippen molar-refractivity contribution in [1.29, 1.82) is 0 Å². The van der Waals surface area contributed by atoms with E-state index >= 15 is 0 Å². The molecule has 1 saturated carbocycles. The molecule has 0 aliphatic heterocycles. The molecular formula is C17H19Cl2F3O2. The molecular weight excluding hydrogens is 364 g/mol. The number of alkyl halides is 3. The van der Waals surface area contributed by atoms with Crippen molar-refractivity contribution in [2.75, 3.05) is 0 Å². The van der Waals surface area contributed by atoms with E-state index in [2.05, 4.69) is 11.7 Å². The zero-order chi connectivity index (χ0) is 18.0. The van der Waals surface area contributed by atoms with Gasteiger partial charge in [-0.25, -0.2) is 0 Å². The number of carbonyl (C=O) groups is 1. The predicted molar refractivity (Wildman–Crippen MR) is 87.7 cm³/mol. The second kappa shape index (κ2) is 7.52. The Balaban J connectivity index is 2.07. The van der Waals surface area contributed by atoms with Crippen LogP contribution in [0.25, 0.3) is 0 Å². The molecule has 0 amide bonds. The normalized spacial score (nSPS) is 17.6. The van der Waals surface area contributed by atoms with Gasteiger partial charge in [-0.15, -0.1) is 13.2 Å². The van der Waals surface area contributed by atoms with Crippen LogP contribution in [0, 0.1) is 5.41 Å². The van der Waals surface area contributed by atoms with Gasteiger partial charge in [0.15, 0.2) is 0 Å². The fourth-order valence-corrected chi connectivity index (χ4v) is 3.86. The van der Waals surface area contributed by atoms with Crippen molar-refractivity contribution < 1.29 is 22.7 Å². The molecule has 24 heavy (non-hydrogen) atoms. The SMILES string of the molecule is CC1(CC(=O)Cc2c(Cl)cc(OC(F)(F)F)cc2Cl)CCCCC1. The fraction of sp³-hybridized carbons (Fsp3) is 0.588. The molecule has 1 aromatic carbocycles. The molecule has 0 radical (unpaired) electrons. The number of halogens is 5. The molecule has 7 heteroatoms. The highest BCUT2D eigenvalue weighted by Crippen LogP contribution is 2.40. The van der Waals surface area contributed by atoms with Crippen molar-refractivity contribution in [3.8, 4) is 5.75 Å². The second-order valence-electron chi connectivity index (χ2n) is 6.68. The number of Topliss-reactive ketones (excluding diaryl/α,β-unsaturated/α-hetero) is 1. The lowest BCUT2D eigenvalue weighted by molar-refractivity contribution is -0.274. The number of carbonyl (C=O) groups excluding carboxylic acids is 1. The fourth-order valence-electron chi connectivity index (χ4n) is 3.26. The molecule has 0 bridgehead atoms. The lowest BCUT2D eigenvalue weighted by atomic mass is 9.72. The van der Waals surface area contributed by atoms with Crippen LogP contribution in [0.4, 0.5) is 13.2 Å². The van der Waals surface area contributed by atoms with Crippen LogP contribution in [0.5, 0.6) is 5.75 Å². The molecule has 1 aromatic rings. The second-order valence-corrected chi connectivity index (χ2v) is 7.49. The van der Waals surface area contributed by atoms with Gasteiger partial charge in [-0.05, 0) is 36.0 Å². The predicted octanol–water partition coefficient (Wildman–Crippen LogP) is 6.36. The molecule has 134 valence electrons. The van der Waals surface area contributed by atoms with E-state index in [-0.39, 0.29) is 27.7 Å². The van der Waals surface area contributed by atoms with Crippen LogP contribution < -0.4 is 4.74 Å². The van der Waals surface area contributed by atoms with E-state index in [1.807, 2.05) is 0 Å². The molecule has 1 aliphatic rings. The van der Waals surface area contributed by atoms with E-state index in [1.54, 1.807) is 0 Å². The molecule has 2 nitrogen and oxygen atoms in total. The number of ketones is 1. The monoisotopic (exact) mass is 382 g/mol. The van der Waals surface area contributed by atoms with Crippen LogP contribution in [0.3, 0.4) is 0 Å². The van der Waals surface area contributed by atoms with E-state index in [0.29, 0.717) is 12.0 Å². The van der Waals surface area contributed by atoms with Crippen molar-refractivity contribution in [3.63, 3.8) is 0 Å². The van der Waals surface area contributed by atoms with Gasteiger partial charge in [-0.1, -0.05) is 49.4 Å². The quantitative estimate of drug-likeness (QED) is 0.591. The maximum absolute atomic E-state index is 12.4. The summed E-state index contributed by atoms with van der Waals surface area (Å²) in [5, 5.41) is 0.00722. The minimum atomic E-state index is -4.82. The minimum Gasteiger partial charge on any atom is -0.406 e. The van der Waals surface area contributed by atoms with Crippen LogP contribution in [0.2, 0.25) is 10.0 Å². The van der Waals surface area contributed by atoms with Gasteiger partial charge >= 0.3 is 6.36 Å². The van der Waals surface area contributed by atoms with Crippen molar-refractivity contribution in [3.05, 3.63) is 27.7 Å². The van der Waals surface area contributed by atoms with Gasteiger partial charge in [-0.2, -0.15) is 0 Å². The first-order valence-corrected chi connectivity index (χ1v) is 8.59. The van der Waals surface area contributed by atoms with Crippen molar-refractivity contribution in [2.45, 2.75) is 58.2 Å². The number of rotatable bonds is 5. The highest BCUT2D eigenvalue weighted by molar-refractivity contribution is 6.36. The Bertz CT molecular complexity index is 585. The number of ether oxygens (including phenoxy) is 1. The summed E-state index contributed by atoms with van der Waals surface area (Å²) in [7, 11) is 0. The van der Waals surface area contributed by atoms with E-state index < -0.39 is 12.1 Å². The smallest absolute Gasteiger partial charge is 0.406 e. The maximum atomic E-state index is 12.4. The summed E-state index contributed by atoms with van der Waals surface area (Å²) in [6.07, 6.45) is 1.09. The third-order valence-corrected chi connectivity index (χ3v) is 5.08. The van der Waals surface area contributed by atoms with E-state index in [4.69, 9.17) is 23.2 Å². The Kier molecular flexibility index (Phi) is 6.08. The number of hydrogen-bond acceptors (Lipinski definition) is 2. The highest BCUT2D eigenvalue weighted by Gasteiger charge is 2.32. The Morgan fingerprint density at radius 3 is 2.21 bits per heavy atom. The van der Waals surface area contributed by atoms with E-state index in [0.717, 1.165) is 37.8 Å².